The zero-order valence-corrected chi connectivity index (χ0v) is 14.2. The van der Waals surface area contributed by atoms with Crippen LogP contribution in [0, 0.1) is 6.92 Å². The number of hydrogen-bond donors (Lipinski definition) is 2. The third-order valence-electron chi connectivity index (χ3n) is 5.02. The fraction of sp³-hybridized carbons (Fsp3) is 0.444. The Labute approximate surface area is 145 Å². The van der Waals surface area contributed by atoms with E-state index in [4.69, 9.17) is 0 Å². The molecule has 0 aromatic carbocycles. The van der Waals surface area contributed by atoms with Gasteiger partial charge in [-0.3, -0.25) is 14.6 Å². The predicted molar refractivity (Wildman–Crippen MR) is 92.3 cm³/mol. The van der Waals surface area contributed by atoms with Crippen LogP contribution in [-0.2, 0) is 13.0 Å². The maximum atomic E-state index is 12.8. The lowest BCUT2D eigenvalue weighted by Gasteiger charge is -2.28. The maximum absolute atomic E-state index is 12.8. The van der Waals surface area contributed by atoms with Crippen LogP contribution in [0.3, 0.4) is 0 Å². The van der Waals surface area contributed by atoms with Gasteiger partial charge in [-0.15, -0.1) is 0 Å². The highest BCUT2D eigenvalue weighted by Gasteiger charge is 2.27. The lowest BCUT2D eigenvalue weighted by Crippen LogP contribution is -2.40. The summed E-state index contributed by atoms with van der Waals surface area (Å²) in [6.07, 6.45) is 5.91. The molecule has 1 saturated heterocycles. The Morgan fingerprint density at radius 1 is 1.40 bits per heavy atom. The van der Waals surface area contributed by atoms with Crippen molar-refractivity contribution in [2.75, 3.05) is 13.1 Å². The van der Waals surface area contributed by atoms with E-state index in [2.05, 4.69) is 20.3 Å². The van der Waals surface area contributed by atoms with Gasteiger partial charge in [-0.05, 0) is 44.4 Å². The Balaban J connectivity index is 1.63. The van der Waals surface area contributed by atoms with Crippen LogP contribution < -0.4 is 10.9 Å². The lowest BCUT2D eigenvalue weighted by molar-refractivity contribution is 0.0730. The van der Waals surface area contributed by atoms with Gasteiger partial charge in [-0.1, -0.05) is 0 Å². The molecule has 4 rings (SSSR count). The third kappa shape index (κ3) is 2.95. The molecule has 0 spiro atoms. The number of rotatable bonds is 2. The number of nitrogens with zero attached hydrogens (tertiary/aromatic N) is 3. The van der Waals surface area contributed by atoms with Crippen molar-refractivity contribution in [3.8, 4) is 0 Å². The SMILES string of the molecule is Cc1cnccc1C(=O)N1CCc2c(nc(C3CCCN3)[nH]c2=O)C1. The molecule has 2 N–H and O–H groups in total. The second kappa shape index (κ2) is 6.40. The summed E-state index contributed by atoms with van der Waals surface area (Å²) in [5, 5.41) is 3.35. The largest absolute Gasteiger partial charge is 0.332 e. The molecule has 2 aliphatic heterocycles. The molecule has 2 aromatic heterocycles. The Hall–Kier alpha value is -2.54. The van der Waals surface area contributed by atoms with Crippen LogP contribution in [0.4, 0.5) is 0 Å². The van der Waals surface area contributed by atoms with Gasteiger partial charge in [0, 0.05) is 30.1 Å². The van der Waals surface area contributed by atoms with Gasteiger partial charge in [0.1, 0.15) is 5.82 Å². The van der Waals surface area contributed by atoms with Crippen LogP contribution >= 0.6 is 0 Å². The number of H-pyrrole nitrogens is 1. The molecule has 1 unspecified atom stereocenters. The van der Waals surface area contributed by atoms with Crippen LogP contribution in [-0.4, -0.2) is 38.8 Å². The summed E-state index contributed by atoms with van der Waals surface area (Å²) in [4.78, 5) is 38.6. The van der Waals surface area contributed by atoms with Gasteiger partial charge in [0.05, 0.1) is 18.3 Å². The monoisotopic (exact) mass is 339 g/mol. The van der Waals surface area contributed by atoms with E-state index in [1.165, 1.54) is 0 Å². The Bertz CT molecular complexity index is 870. The number of nitrogens with one attached hydrogen (secondary N) is 2. The number of aromatic amines is 1. The molecule has 7 nitrogen and oxygen atoms in total. The van der Waals surface area contributed by atoms with Crippen LogP contribution in [0.15, 0.2) is 23.3 Å². The Kier molecular flexibility index (Phi) is 4.09. The summed E-state index contributed by atoms with van der Waals surface area (Å²) in [5.74, 6) is 0.656. The van der Waals surface area contributed by atoms with Gasteiger partial charge in [0.2, 0.25) is 0 Å². The smallest absolute Gasteiger partial charge is 0.254 e. The van der Waals surface area contributed by atoms with E-state index in [1.54, 1.807) is 23.4 Å². The average Bonchev–Trinajstić information content (AvgIpc) is 3.16. The minimum Gasteiger partial charge on any atom is -0.332 e. The van der Waals surface area contributed by atoms with Crippen molar-refractivity contribution >= 4 is 5.91 Å². The van der Waals surface area contributed by atoms with E-state index in [-0.39, 0.29) is 17.5 Å². The van der Waals surface area contributed by atoms with Crippen molar-refractivity contribution in [1.82, 2.24) is 25.2 Å². The first-order valence-electron chi connectivity index (χ1n) is 8.68. The zero-order chi connectivity index (χ0) is 17.4. The number of amides is 1. The summed E-state index contributed by atoms with van der Waals surface area (Å²) in [7, 11) is 0. The van der Waals surface area contributed by atoms with E-state index in [0.717, 1.165) is 30.6 Å². The minimum absolute atomic E-state index is 0.0341. The normalized spacial score (nSPS) is 19.7. The van der Waals surface area contributed by atoms with E-state index < -0.39 is 0 Å². The Morgan fingerprint density at radius 3 is 3.04 bits per heavy atom. The number of carbonyl (C=O) groups excluding carboxylic acids is 1. The number of fused-ring (bicyclic) bond motifs is 1. The third-order valence-corrected chi connectivity index (χ3v) is 5.02. The van der Waals surface area contributed by atoms with Crippen LogP contribution in [0.2, 0.25) is 0 Å². The second-order valence-corrected chi connectivity index (χ2v) is 6.69. The molecule has 7 heteroatoms. The predicted octanol–water partition coefficient (Wildman–Crippen LogP) is 1.10. The highest BCUT2D eigenvalue weighted by atomic mass is 16.2. The summed E-state index contributed by atoms with van der Waals surface area (Å²) in [5.41, 5.74) is 2.87. The van der Waals surface area contributed by atoms with Crippen molar-refractivity contribution in [1.29, 1.82) is 0 Å². The first kappa shape index (κ1) is 16.0. The number of pyridine rings is 1. The number of carbonyl (C=O) groups is 1. The molecule has 4 heterocycles. The Morgan fingerprint density at radius 2 is 2.28 bits per heavy atom. The molecule has 25 heavy (non-hydrogen) atoms. The minimum atomic E-state index is -0.0686. The van der Waals surface area contributed by atoms with Gasteiger partial charge in [0.15, 0.2) is 0 Å². The second-order valence-electron chi connectivity index (χ2n) is 6.69. The van der Waals surface area contributed by atoms with Crippen molar-refractivity contribution in [3.63, 3.8) is 0 Å². The van der Waals surface area contributed by atoms with Gasteiger partial charge < -0.3 is 15.2 Å². The molecule has 2 aromatic rings. The molecule has 1 atom stereocenters. The van der Waals surface area contributed by atoms with Crippen LogP contribution in [0.1, 0.15) is 51.9 Å². The van der Waals surface area contributed by atoms with Crippen molar-refractivity contribution in [2.45, 2.75) is 38.8 Å². The van der Waals surface area contributed by atoms with Gasteiger partial charge in [-0.25, -0.2) is 4.98 Å². The molecule has 0 saturated carbocycles. The maximum Gasteiger partial charge on any atom is 0.254 e. The summed E-state index contributed by atoms with van der Waals surface area (Å²) in [6.45, 7) is 3.72. The van der Waals surface area contributed by atoms with E-state index >= 15 is 0 Å². The van der Waals surface area contributed by atoms with E-state index in [1.807, 2.05) is 6.92 Å². The van der Waals surface area contributed by atoms with Crippen molar-refractivity contribution in [2.24, 2.45) is 0 Å². The fourth-order valence-corrected chi connectivity index (χ4v) is 3.60. The number of hydrogen-bond acceptors (Lipinski definition) is 5. The lowest BCUT2D eigenvalue weighted by atomic mass is 10.0. The molecule has 0 aliphatic carbocycles. The molecule has 130 valence electrons. The molecule has 0 bridgehead atoms. The van der Waals surface area contributed by atoms with Gasteiger partial charge >= 0.3 is 0 Å². The van der Waals surface area contributed by atoms with Crippen LogP contribution in [0.25, 0.3) is 0 Å². The highest BCUT2D eigenvalue weighted by Crippen LogP contribution is 2.22. The quantitative estimate of drug-likeness (QED) is 0.855. The molecular weight excluding hydrogens is 318 g/mol. The van der Waals surface area contributed by atoms with Gasteiger partial charge in [0.25, 0.3) is 11.5 Å². The first-order chi connectivity index (χ1) is 12.1. The molecule has 0 radical (unpaired) electrons. The molecule has 2 aliphatic rings. The summed E-state index contributed by atoms with van der Waals surface area (Å²) in [6, 6.07) is 1.85. The number of aromatic nitrogens is 3. The average molecular weight is 339 g/mol. The summed E-state index contributed by atoms with van der Waals surface area (Å²) < 4.78 is 0. The zero-order valence-electron chi connectivity index (χ0n) is 14.2. The first-order valence-corrected chi connectivity index (χ1v) is 8.68. The van der Waals surface area contributed by atoms with E-state index in [0.29, 0.717) is 36.5 Å². The number of aryl methyl sites for hydroxylation is 1. The molecule has 1 fully saturated rings. The standard InChI is InChI=1S/C18H21N5O2/c1-11-9-19-7-4-12(11)18(25)23-8-5-13-15(10-23)21-16(22-17(13)24)14-3-2-6-20-14/h4,7,9,14,20H,2-3,5-6,8,10H2,1H3,(H,21,22,24). The fourth-order valence-electron chi connectivity index (χ4n) is 3.60. The van der Waals surface area contributed by atoms with Crippen LogP contribution in [0.5, 0.6) is 0 Å². The molecule has 1 amide bonds. The topological polar surface area (TPSA) is 91.0 Å². The summed E-state index contributed by atoms with van der Waals surface area (Å²) >= 11 is 0. The van der Waals surface area contributed by atoms with Crippen molar-refractivity contribution < 1.29 is 4.79 Å². The van der Waals surface area contributed by atoms with Crippen molar-refractivity contribution in [3.05, 3.63) is 57.0 Å². The molecular formula is C18H21N5O2. The highest BCUT2D eigenvalue weighted by molar-refractivity contribution is 5.95. The van der Waals surface area contributed by atoms with Gasteiger partial charge in [-0.2, -0.15) is 0 Å². The van der Waals surface area contributed by atoms with E-state index in [9.17, 15) is 9.59 Å².